The number of aryl methyl sites for hydroxylation is 3. The van der Waals surface area contributed by atoms with Gasteiger partial charge in [-0.3, -0.25) is 4.68 Å². The van der Waals surface area contributed by atoms with Gasteiger partial charge in [0.15, 0.2) is 0 Å². The van der Waals surface area contributed by atoms with Crippen molar-refractivity contribution < 1.29 is 0 Å². The van der Waals surface area contributed by atoms with Crippen molar-refractivity contribution in [2.75, 3.05) is 0 Å². The van der Waals surface area contributed by atoms with E-state index in [-0.39, 0.29) is 6.04 Å². The lowest BCUT2D eigenvalue weighted by Gasteiger charge is -2.13. The van der Waals surface area contributed by atoms with Crippen molar-refractivity contribution in [2.45, 2.75) is 26.3 Å². The Balaban J connectivity index is 2.24. The fraction of sp³-hybridized carbons (Fsp3) is 0.357. The average molecular weight is 264 g/mol. The Morgan fingerprint density at radius 3 is 2.67 bits per heavy atom. The maximum absolute atomic E-state index is 6.24. The molecule has 2 rings (SSSR count). The number of hydrogen-bond acceptors (Lipinski definition) is 2. The average Bonchev–Trinajstić information content (AvgIpc) is 2.56. The number of aromatic nitrogens is 2. The van der Waals surface area contributed by atoms with Gasteiger partial charge < -0.3 is 5.73 Å². The molecule has 0 saturated carbocycles. The van der Waals surface area contributed by atoms with Crippen LogP contribution in [0.2, 0.25) is 5.02 Å². The minimum atomic E-state index is -0.0581. The molecule has 0 radical (unpaired) electrons. The Bertz CT molecular complexity index is 560. The van der Waals surface area contributed by atoms with Crippen molar-refractivity contribution in [1.82, 2.24) is 9.78 Å². The molecule has 0 fully saturated rings. The molecule has 1 aromatic carbocycles. The lowest BCUT2D eigenvalue weighted by molar-refractivity contribution is 0.639. The van der Waals surface area contributed by atoms with Crippen LogP contribution in [0.3, 0.4) is 0 Å². The van der Waals surface area contributed by atoms with E-state index in [4.69, 9.17) is 17.3 Å². The standard InChI is InChI=1S/C14H18ClN3/c1-9-5-4-6-11(7-9)12(16)8-13-14(15)10(2)17-18(13)3/h4-7,12H,8,16H2,1-3H3. The number of hydrogen-bond donors (Lipinski definition) is 1. The van der Waals surface area contributed by atoms with E-state index < -0.39 is 0 Å². The molecule has 1 heterocycles. The summed E-state index contributed by atoms with van der Waals surface area (Å²) >= 11 is 6.24. The van der Waals surface area contributed by atoms with Crippen molar-refractivity contribution in [1.29, 1.82) is 0 Å². The molecule has 0 saturated heterocycles. The van der Waals surface area contributed by atoms with Gasteiger partial charge in [0.05, 0.1) is 16.4 Å². The molecule has 2 N–H and O–H groups in total. The summed E-state index contributed by atoms with van der Waals surface area (Å²) in [6, 6.07) is 8.20. The summed E-state index contributed by atoms with van der Waals surface area (Å²) in [4.78, 5) is 0. The molecular formula is C14H18ClN3. The molecule has 0 aliphatic heterocycles. The van der Waals surface area contributed by atoms with Gasteiger partial charge in [-0.25, -0.2) is 0 Å². The van der Waals surface area contributed by atoms with Crippen LogP contribution >= 0.6 is 11.6 Å². The fourth-order valence-electron chi connectivity index (χ4n) is 2.13. The van der Waals surface area contributed by atoms with Crippen LogP contribution in [0, 0.1) is 13.8 Å². The Hall–Kier alpha value is -1.32. The van der Waals surface area contributed by atoms with E-state index in [1.807, 2.05) is 24.7 Å². The predicted molar refractivity (Wildman–Crippen MR) is 74.8 cm³/mol. The van der Waals surface area contributed by atoms with E-state index in [0.717, 1.165) is 22.0 Å². The van der Waals surface area contributed by atoms with Gasteiger partial charge in [0.1, 0.15) is 0 Å². The highest BCUT2D eigenvalue weighted by molar-refractivity contribution is 6.31. The van der Waals surface area contributed by atoms with Gasteiger partial charge in [0.2, 0.25) is 0 Å². The third-order valence-corrected chi connectivity index (χ3v) is 3.64. The zero-order valence-corrected chi connectivity index (χ0v) is 11.7. The minimum Gasteiger partial charge on any atom is -0.324 e. The molecule has 1 unspecified atom stereocenters. The first-order chi connectivity index (χ1) is 8.49. The van der Waals surface area contributed by atoms with Crippen LogP contribution in [-0.2, 0) is 13.5 Å². The number of rotatable bonds is 3. The molecule has 2 aromatic rings. The van der Waals surface area contributed by atoms with Gasteiger partial charge in [-0.2, -0.15) is 5.10 Å². The Kier molecular flexibility index (Phi) is 3.73. The first-order valence-electron chi connectivity index (χ1n) is 5.99. The summed E-state index contributed by atoms with van der Waals surface area (Å²) < 4.78 is 1.81. The molecule has 1 atom stereocenters. The van der Waals surface area contributed by atoms with Crippen LogP contribution < -0.4 is 5.73 Å². The third kappa shape index (κ3) is 2.57. The van der Waals surface area contributed by atoms with Gasteiger partial charge in [0, 0.05) is 19.5 Å². The van der Waals surface area contributed by atoms with Crippen molar-refractivity contribution in [3.63, 3.8) is 0 Å². The molecule has 0 aliphatic rings. The third-order valence-electron chi connectivity index (χ3n) is 3.15. The summed E-state index contributed by atoms with van der Waals surface area (Å²) in [7, 11) is 1.90. The number of nitrogens with two attached hydrogens (primary N) is 1. The number of nitrogens with zero attached hydrogens (tertiary/aromatic N) is 2. The Morgan fingerprint density at radius 2 is 2.11 bits per heavy atom. The maximum atomic E-state index is 6.24. The lowest BCUT2D eigenvalue weighted by Crippen LogP contribution is -2.15. The summed E-state index contributed by atoms with van der Waals surface area (Å²) in [6.45, 7) is 3.97. The maximum Gasteiger partial charge on any atom is 0.0847 e. The highest BCUT2D eigenvalue weighted by Gasteiger charge is 2.15. The summed E-state index contributed by atoms with van der Waals surface area (Å²) in [5.74, 6) is 0. The summed E-state index contributed by atoms with van der Waals surface area (Å²) in [5, 5.41) is 5.03. The van der Waals surface area contributed by atoms with Gasteiger partial charge in [0.25, 0.3) is 0 Å². The second-order valence-corrected chi connectivity index (χ2v) is 5.07. The second kappa shape index (κ2) is 5.12. The van der Waals surface area contributed by atoms with E-state index >= 15 is 0 Å². The molecule has 0 bridgehead atoms. The van der Waals surface area contributed by atoms with Crippen LogP contribution in [0.25, 0.3) is 0 Å². The summed E-state index contributed by atoms with van der Waals surface area (Å²) in [6.07, 6.45) is 0.694. The minimum absolute atomic E-state index is 0.0581. The molecule has 0 amide bonds. The van der Waals surface area contributed by atoms with Crippen LogP contribution in [-0.4, -0.2) is 9.78 Å². The zero-order valence-electron chi connectivity index (χ0n) is 10.9. The molecule has 18 heavy (non-hydrogen) atoms. The number of benzene rings is 1. The zero-order chi connectivity index (χ0) is 13.3. The first kappa shape index (κ1) is 13.1. The van der Waals surface area contributed by atoms with Gasteiger partial charge >= 0.3 is 0 Å². The molecule has 96 valence electrons. The van der Waals surface area contributed by atoms with Crippen molar-refractivity contribution in [3.05, 3.63) is 51.8 Å². The van der Waals surface area contributed by atoms with Crippen LogP contribution in [0.4, 0.5) is 0 Å². The highest BCUT2D eigenvalue weighted by Crippen LogP contribution is 2.24. The lowest BCUT2D eigenvalue weighted by atomic mass is 10.0. The second-order valence-electron chi connectivity index (χ2n) is 4.69. The molecule has 3 nitrogen and oxygen atoms in total. The summed E-state index contributed by atoms with van der Waals surface area (Å²) in [5.41, 5.74) is 10.4. The van der Waals surface area contributed by atoms with Crippen LogP contribution in [0.5, 0.6) is 0 Å². The van der Waals surface area contributed by atoms with Gasteiger partial charge in [-0.1, -0.05) is 41.4 Å². The van der Waals surface area contributed by atoms with Crippen molar-refractivity contribution in [2.24, 2.45) is 12.8 Å². The Morgan fingerprint density at radius 1 is 1.39 bits per heavy atom. The Labute approximate surface area is 113 Å². The first-order valence-corrected chi connectivity index (χ1v) is 6.37. The van der Waals surface area contributed by atoms with E-state index in [1.54, 1.807) is 0 Å². The molecule has 0 aliphatic carbocycles. The van der Waals surface area contributed by atoms with E-state index in [0.29, 0.717) is 6.42 Å². The van der Waals surface area contributed by atoms with E-state index in [2.05, 4.69) is 30.2 Å². The van der Waals surface area contributed by atoms with Crippen molar-refractivity contribution >= 4 is 11.6 Å². The fourth-order valence-corrected chi connectivity index (χ4v) is 2.37. The SMILES string of the molecule is Cc1cccc(C(N)Cc2c(Cl)c(C)nn2C)c1. The monoisotopic (exact) mass is 263 g/mol. The quantitative estimate of drug-likeness (QED) is 0.925. The topological polar surface area (TPSA) is 43.8 Å². The normalized spacial score (nSPS) is 12.7. The van der Waals surface area contributed by atoms with Crippen molar-refractivity contribution in [3.8, 4) is 0 Å². The molecule has 4 heteroatoms. The highest BCUT2D eigenvalue weighted by atomic mass is 35.5. The van der Waals surface area contributed by atoms with Gasteiger partial charge in [-0.05, 0) is 19.4 Å². The van der Waals surface area contributed by atoms with Gasteiger partial charge in [-0.15, -0.1) is 0 Å². The van der Waals surface area contributed by atoms with E-state index in [9.17, 15) is 0 Å². The van der Waals surface area contributed by atoms with Crippen LogP contribution in [0.1, 0.15) is 28.6 Å². The van der Waals surface area contributed by atoms with Crippen LogP contribution in [0.15, 0.2) is 24.3 Å². The molecule has 0 spiro atoms. The van der Waals surface area contributed by atoms with E-state index in [1.165, 1.54) is 5.56 Å². The predicted octanol–water partition coefficient (Wildman–Crippen LogP) is 2.93. The number of halogens is 1. The molecule has 1 aromatic heterocycles. The smallest absolute Gasteiger partial charge is 0.0847 e. The largest absolute Gasteiger partial charge is 0.324 e. The molecular weight excluding hydrogens is 246 g/mol.